The molecule has 1 saturated heterocycles. The van der Waals surface area contributed by atoms with Crippen molar-refractivity contribution in [3.63, 3.8) is 0 Å². The normalized spacial score (nSPS) is 15.1. The second-order valence-electron chi connectivity index (χ2n) is 6.70. The van der Waals surface area contributed by atoms with Crippen molar-refractivity contribution in [3.05, 3.63) is 58.1 Å². The van der Waals surface area contributed by atoms with Crippen molar-refractivity contribution in [2.75, 3.05) is 44.2 Å². The monoisotopic (exact) mass is 434 g/mol. The Morgan fingerprint density at radius 1 is 1.04 bits per heavy atom. The number of hydrogen-bond acceptors (Lipinski definition) is 5. The average Bonchev–Trinajstić information content (AvgIpc) is 3.12. The fourth-order valence-corrected chi connectivity index (χ4v) is 4.63. The van der Waals surface area contributed by atoms with Gasteiger partial charge in [-0.25, -0.2) is 4.98 Å². The van der Waals surface area contributed by atoms with E-state index >= 15 is 0 Å². The van der Waals surface area contributed by atoms with Gasteiger partial charge in [-0.15, -0.1) is 0 Å². The van der Waals surface area contributed by atoms with Gasteiger partial charge in [0.25, 0.3) is 5.91 Å². The number of aromatic nitrogens is 1. The highest BCUT2D eigenvalue weighted by Crippen LogP contribution is 2.31. The van der Waals surface area contributed by atoms with Crippen LogP contribution in [0.4, 0.5) is 5.13 Å². The first kappa shape index (κ1) is 19.5. The number of nitrogens with one attached hydrogen (secondary N) is 1. The van der Waals surface area contributed by atoms with Crippen LogP contribution >= 0.6 is 34.5 Å². The summed E-state index contributed by atoms with van der Waals surface area (Å²) >= 11 is 13.6. The maximum Gasteiger partial charge on any atom is 0.251 e. The molecule has 0 atom stereocenters. The molecule has 0 saturated carbocycles. The molecule has 3 aromatic rings. The second-order valence-corrected chi connectivity index (χ2v) is 8.58. The third kappa shape index (κ3) is 4.58. The van der Waals surface area contributed by atoms with Gasteiger partial charge in [0.1, 0.15) is 0 Å². The van der Waals surface area contributed by atoms with Gasteiger partial charge < -0.3 is 10.2 Å². The fraction of sp³-hybridized carbons (Fsp3) is 0.300. The van der Waals surface area contributed by atoms with Crippen LogP contribution in [0.1, 0.15) is 10.4 Å². The van der Waals surface area contributed by atoms with Gasteiger partial charge in [-0.05, 0) is 42.5 Å². The van der Waals surface area contributed by atoms with Crippen molar-refractivity contribution < 1.29 is 4.79 Å². The van der Waals surface area contributed by atoms with Crippen molar-refractivity contribution in [2.45, 2.75) is 0 Å². The molecule has 1 aliphatic rings. The number of carbonyl (C=O) groups excluding carboxylic acids is 1. The molecule has 8 heteroatoms. The molecule has 2 aromatic carbocycles. The van der Waals surface area contributed by atoms with Crippen LogP contribution in [0.25, 0.3) is 10.2 Å². The average molecular weight is 435 g/mol. The van der Waals surface area contributed by atoms with E-state index in [9.17, 15) is 4.79 Å². The first-order valence-electron chi connectivity index (χ1n) is 9.16. The molecule has 4 rings (SSSR count). The topological polar surface area (TPSA) is 48.5 Å². The maximum atomic E-state index is 12.1. The van der Waals surface area contributed by atoms with Crippen LogP contribution in [-0.2, 0) is 0 Å². The van der Waals surface area contributed by atoms with Crippen LogP contribution in [-0.4, -0.2) is 55.1 Å². The van der Waals surface area contributed by atoms with Crippen LogP contribution in [0.3, 0.4) is 0 Å². The Morgan fingerprint density at radius 2 is 1.75 bits per heavy atom. The molecular formula is C20H20Cl2N4OS. The summed E-state index contributed by atoms with van der Waals surface area (Å²) in [6.07, 6.45) is 0. The lowest BCUT2D eigenvalue weighted by Crippen LogP contribution is -2.48. The Labute approximate surface area is 177 Å². The minimum Gasteiger partial charge on any atom is -0.351 e. The van der Waals surface area contributed by atoms with Crippen LogP contribution in [0.5, 0.6) is 0 Å². The molecule has 1 amide bonds. The first-order valence-corrected chi connectivity index (χ1v) is 10.7. The van der Waals surface area contributed by atoms with Crippen molar-refractivity contribution in [1.29, 1.82) is 0 Å². The van der Waals surface area contributed by atoms with Crippen molar-refractivity contribution >= 4 is 55.8 Å². The lowest BCUT2D eigenvalue weighted by molar-refractivity contribution is 0.0948. The Kier molecular flexibility index (Phi) is 6.01. The quantitative estimate of drug-likeness (QED) is 0.654. The van der Waals surface area contributed by atoms with Gasteiger partial charge in [-0.2, -0.15) is 0 Å². The van der Waals surface area contributed by atoms with E-state index in [1.807, 2.05) is 18.2 Å². The van der Waals surface area contributed by atoms with Crippen LogP contribution in [0, 0.1) is 0 Å². The summed E-state index contributed by atoms with van der Waals surface area (Å²) in [6.45, 7) is 5.22. The van der Waals surface area contributed by atoms with Crippen molar-refractivity contribution in [3.8, 4) is 0 Å². The third-order valence-electron chi connectivity index (χ3n) is 4.80. The third-order valence-corrected chi connectivity index (χ3v) is 6.37. The summed E-state index contributed by atoms with van der Waals surface area (Å²) in [5, 5.41) is 5.39. The molecule has 2 heterocycles. The molecule has 0 bridgehead atoms. The molecule has 28 heavy (non-hydrogen) atoms. The maximum absolute atomic E-state index is 12.1. The van der Waals surface area contributed by atoms with E-state index < -0.39 is 0 Å². The number of amides is 1. The zero-order valence-electron chi connectivity index (χ0n) is 15.2. The lowest BCUT2D eigenvalue weighted by Gasteiger charge is -2.34. The molecule has 0 radical (unpaired) electrons. The summed E-state index contributed by atoms with van der Waals surface area (Å²) in [7, 11) is 0. The van der Waals surface area contributed by atoms with Crippen molar-refractivity contribution in [2.24, 2.45) is 0 Å². The number of hydrogen-bond donors (Lipinski definition) is 1. The van der Waals surface area contributed by atoms with Gasteiger partial charge in [0.05, 0.1) is 10.2 Å². The van der Waals surface area contributed by atoms with E-state index in [1.54, 1.807) is 35.6 Å². The minimum atomic E-state index is -0.0663. The largest absolute Gasteiger partial charge is 0.351 e. The fourth-order valence-electron chi connectivity index (χ4n) is 3.22. The number of anilines is 1. The molecule has 1 fully saturated rings. The number of thiazole rings is 1. The standard InChI is InChI=1S/C20H20Cl2N4OS/c21-15-3-1-14(2-4-15)19(27)23-7-8-25-9-11-26(12-10-25)20-24-17-6-5-16(22)13-18(17)28-20/h1-6,13H,7-12H2,(H,23,27). The lowest BCUT2D eigenvalue weighted by atomic mass is 10.2. The first-order chi connectivity index (χ1) is 13.6. The summed E-state index contributed by atoms with van der Waals surface area (Å²) in [5.41, 5.74) is 1.63. The Balaban J connectivity index is 1.24. The summed E-state index contributed by atoms with van der Waals surface area (Å²) in [6, 6.07) is 12.7. The molecule has 5 nitrogen and oxygen atoms in total. The van der Waals surface area contributed by atoms with Gasteiger partial charge in [0.15, 0.2) is 5.13 Å². The Morgan fingerprint density at radius 3 is 2.50 bits per heavy atom. The molecule has 1 aromatic heterocycles. The summed E-state index contributed by atoms with van der Waals surface area (Å²) in [5.74, 6) is -0.0663. The van der Waals surface area contributed by atoms with Crippen LogP contribution in [0.15, 0.2) is 42.5 Å². The van der Waals surface area contributed by atoms with Gasteiger partial charge in [0, 0.05) is 54.9 Å². The number of rotatable bonds is 5. The number of carbonyl (C=O) groups is 1. The van der Waals surface area contributed by atoms with Crippen LogP contribution < -0.4 is 10.2 Å². The SMILES string of the molecule is O=C(NCCN1CCN(c2nc3ccc(Cl)cc3s2)CC1)c1ccc(Cl)cc1. The minimum absolute atomic E-state index is 0.0663. The number of nitrogens with zero attached hydrogens (tertiary/aromatic N) is 3. The van der Waals surface area contributed by atoms with E-state index in [0.29, 0.717) is 17.1 Å². The zero-order chi connectivity index (χ0) is 19.5. The van der Waals surface area contributed by atoms with E-state index in [0.717, 1.165) is 53.1 Å². The molecule has 0 aliphatic carbocycles. The highest BCUT2D eigenvalue weighted by Gasteiger charge is 2.20. The number of piperazine rings is 1. The van der Waals surface area contributed by atoms with E-state index in [-0.39, 0.29) is 5.91 Å². The Hall–Kier alpha value is -1.86. The zero-order valence-corrected chi connectivity index (χ0v) is 17.5. The van der Waals surface area contributed by atoms with E-state index in [1.165, 1.54) is 0 Å². The molecule has 1 aliphatic heterocycles. The van der Waals surface area contributed by atoms with Gasteiger partial charge >= 0.3 is 0 Å². The molecule has 0 spiro atoms. The number of benzene rings is 2. The summed E-state index contributed by atoms with van der Waals surface area (Å²) in [4.78, 5) is 21.6. The van der Waals surface area contributed by atoms with Gasteiger partial charge in [0.2, 0.25) is 0 Å². The highest BCUT2D eigenvalue weighted by molar-refractivity contribution is 7.22. The molecule has 1 N–H and O–H groups in total. The van der Waals surface area contributed by atoms with Gasteiger partial charge in [-0.1, -0.05) is 34.5 Å². The Bertz CT molecular complexity index is 968. The van der Waals surface area contributed by atoms with E-state index in [4.69, 9.17) is 28.2 Å². The van der Waals surface area contributed by atoms with Gasteiger partial charge in [-0.3, -0.25) is 9.69 Å². The molecular weight excluding hydrogens is 415 g/mol. The predicted molar refractivity (Wildman–Crippen MR) is 117 cm³/mol. The number of halogens is 2. The molecule has 0 unspecified atom stereocenters. The highest BCUT2D eigenvalue weighted by atomic mass is 35.5. The van der Waals surface area contributed by atoms with Crippen LogP contribution in [0.2, 0.25) is 10.0 Å². The van der Waals surface area contributed by atoms with E-state index in [2.05, 4.69) is 15.1 Å². The smallest absolute Gasteiger partial charge is 0.251 e. The predicted octanol–water partition coefficient (Wildman–Crippen LogP) is 4.16. The second kappa shape index (κ2) is 8.66. The van der Waals surface area contributed by atoms with Crippen molar-refractivity contribution in [1.82, 2.24) is 15.2 Å². The summed E-state index contributed by atoms with van der Waals surface area (Å²) < 4.78 is 1.12. The number of fused-ring (bicyclic) bond motifs is 1. The molecule has 146 valence electrons.